The van der Waals surface area contributed by atoms with E-state index in [0.29, 0.717) is 0 Å². The minimum Gasteiger partial charge on any atom is -0.149 e. The van der Waals surface area contributed by atoms with Crippen LogP contribution in [-0.2, 0) is 0 Å². The van der Waals surface area contributed by atoms with Gasteiger partial charge in [0.2, 0.25) is 0 Å². The van der Waals surface area contributed by atoms with E-state index in [-0.39, 0.29) is 5.38 Å². The molecule has 2 heteroatoms. The van der Waals surface area contributed by atoms with Gasteiger partial charge in [-0.25, -0.2) is 0 Å². The molecule has 0 bridgehead atoms. The molecule has 70 valence electrons. The summed E-state index contributed by atoms with van der Waals surface area (Å²) in [5, 5.41) is 2.49. The predicted molar refractivity (Wildman–Crippen MR) is 60.5 cm³/mol. The predicted octanol–water partition coefficient (Wildman–Crippen LogP) is 4.23. The lowest BCUT2D eigenvalue weighted by Gasteiger charge is -2.15. The molecule has 1 aliphatic carbocycles. The quantitative estimate of drug-likeness (QED) is 0.612. The van der Waals surface area contributed by atoms with Gasteiger partial charge < -0.3 is 0 Å². The molecule has 0 N–H and O–H groups in total. The number of allylic oxidation sites excluding steroid dienone is 2. The fourth-order valence-corrected chi connectivity index (χ4v) is 2.76. The summed E-state index contributed by atoms with van der Waals surface area (Å²) in [7, 11) is 0. The molecule has 0 saturated heterocycles. The van der Waals surface area contributed by atoms with Crippen molar-refractivity contribution in [2.45, 2.75) is 31.6 Å². The average molecular weight is 213 g/mol. The van der Waals surface area contributed by atoms with E-state index < -0.39 is 0 Å². The highest BCUT2D eigenvalue weighted by Crippen LogP contribution is 2.31. The number of hydrogen-bond acceptors (Lipinski definition) is 1. The molecule has 1 aromatic rings. The Morgan fingerprint density at radius 2 is 2.38 bits per heavy atom. The molecule has 1 heterocycles. The van der Waals surface area contributed by atoms with Crippen molar-refractivity contribution in [1.82, 2.24) is 0 Å². The van der Waals surface area contributed by atoms with Gasteiger partial charge in [-0.15, -0.1) is 22.9 Å². The third-order valence-corrected chi connectivity index (χ3v) is 3.62. The van der Waals surface area contributed by atoms with Crippen molar-refractivity contribution in [3.8, 4) is 0 Å². The zero-order valence-corrected chi connectivity index (χ0v) is 9.29. The van der Waals surface area contributed by atoms with Crippen molar-refractivity contribution in [2.24, 2.45) is 0 Å². The molecule has 0 amide bonds. The second kappa shape index (κ2) is 3.85. The van der Waals surface area contributed by atoms with Crippen LogP contribution in [0.2, 0.25) is 0 Å². The van der Waals surface area contributed by atoms with E-state index in [1.165, 1.54) is 28.9 Å². The molecular weight excluding hydrogens is 200 g/mol. The fraction of sp³-hybridized carbons (Fsp3) is 0.455. The summed E-state index contributed by atoms with van der Waals surface area (Å²) >= 11 is 7.91. The smallest absolute Gasteiger partial charge is 0.0522 e. The van der Waals surface area contributed by atoms with Crippen molar-refractivity contribution < 1.29 is 0 Å². The van der Waals surface area contributed by atoms with Crippen molar-refractivity contribution in [2.75, 3.05) is 0 Å². The Bertz CT molecular complexity index is 325. The highest BCUT2D eigenvalue weighted by molar-refractivity contribution is 7.10. The van der Waals surface area contributed by atoms with E-state index in [1.807, 2.05) is 11.3 Å². The van der Waals surface area contributed by atoms with Crippen LogP contribution in [-0.4, -0.2) is 5.38 Å². The molecule has 0 aliphatic heterocycles. The van der Waals surface area contributed by atoms with Gasteiger partial charge in [0.15, 0.2) is 0 Å². The van der Waals surface area contributed by atoms with Crippen molar-refractivity contribution in [3.05, 3.63) is 28.0 Å². The molecule has 0 nitrogen and oxygen atoms in total. The van der Waals surface area contributed by atoms with E-state index in [1.54, 1.807) is 0 Å². The van der Waals surface area contributed by atoms with Crippen LogP contribution >= 0.6 is 22.9 Å². The molecule has 0 saturated carbocycles. The van der Waals surface area contributed by atoms with E-state index in [2.05, 4.69) is 24.4 Å². The van der Waals surface area contributed by atoms with E-state index in [0.717, 1.165) is 6.42 Å². The molecule has 1 unspecified atom stereocenters. The maximum absolute atomic E-state index is 6.10. The molecule has 0 radical (unpaired) electrons. The molecule has 1 aliphatic rings. The molecule has 0 spiro atoms. The Hall–Kier alpha value is -0.270. The molecular formula is C11H13ClS. The van der Waals surface area contributed by atoms with E-state index in [9.17, 15) is 0 Å². The Kier molecular flexibility index (Phi) is 2.75. The first-order chi connectivity index (χ1) is 6.25. The minimum absolute atomic E-state index is 0.254. The van der Waals surface area contributed by atoms with Gasteiger partial charge in [0.1, 0.15) is 0 Å². The van der Waals surface area contributed by atoms with Crippen molar-refractivity contribution >= 4 is 28.5 Å². The first-order valence-electron chi connectivity index (χ1n) is 4.66. The third-order valence-electron chi connectivity index (χ3n) is 2.41. The van der Waals surface area contributed by atoms with Gasteiger partial charge in [-0.2, -0.15) is 0 Å². The fourth-order valence-electron chi connectivity index (χ4n) is 1.72. The summed E-state index contributed by atoms with van der Waals surface area (Å²) in [6.07, 6.45) is 5.77. The maximum atomic E-state index is 6.10. The van der Waals surface area contributed by atoms with Crippen molar-refractivity contribution in [1.29, 1.82) is 0 Å². The summed E-state index contributed by atoms with van der Waals surface area (Å²) in [5.74, 6) is 0. The first kappa shape index (κ1) is 9.29. The normalized spacial score (nSPS) is 22.9. The lowest BCUT2D eigenvalue weighted by atomic mass is 9.95. The third kappa shape index (κ3) is 2.15. The van der Waals surface area contributed by atoms with Gasteiger partial charge >= 0.3 is 0 Å². The summed E-state index contributed by atoms with van der Waals surface area (Å²) in [4.78, 5) is 1.38. The minimum atomic E-state index is 0.254. The number of aryl methyl sites for hydroxylation is 1. The van der Waals surface area contributed by atoms with Gasteiger partial charge in [0.05, 0.1) is 5.38 Å². The summed E-state index contributed by atoms with van der Waals surface area (Å²) < 4.78 is 0. The van der Waals surface area contributed by atoms with Gasteiger partial charge in [-0.3, -0.25) is 0 Å². The highest BCUT2D eigenvalue weighted by Gasteiger charge is 2.12. The number of rotatable bonds is 1. The molecule has 0 fully saturated rings. The van der Waals surface area contributed by atoms with Crippen LogP contribution in [0.3, 0.4) is 0 Å². The molecule has 0 aromatic carbocycles. The van der Waals surface area contributed by atoms with Gasteiger partial charge in [-0.1, -0.05) is 6.08 Å². The lowest BCUT2D eigenvalue weighted by Crippen LogP contribution is -2.01. The van der Waals surface area contributed by atoms with Crippen molar-refractivity contribution in [3.63, 3.8) is 0 Å². The van der Waals surface area contributed by atoms with Crippen LogP contribution in [0.25, 0.3) is 5.57 Å². The monoisotopic (exact) mass is 212 g/mol. The number of hydrogen-bond donors (Lipinski definition) is 0. The van der Waals surface area contributed by atoms with Crippen LogP contribution in [0, 0.1) is 6.92 Å². The Morgan fingerprint density at radius 3 is 3.00 bits per heavy atom. The molecule has 1 atom stereocenters. The summed E-state index contributed by atoms with van der Waals surface area (Å²) in [6.45, 7) is 2.15. The van der Waals surface area contributed by atoms with Crippen LogP contribution < -0.4 is 0 Å². The van der Waals surface area contributed by atoms with Gasteiger partial charge in [0, 0.05) is 4.88 Å². The standard InChI is InChI=1S/C11H13ClS/c1-8-5-10(7-13-8)9-3-2-4-11(12)6-9/h5-7,11H,2-4H2,1H3. The molecule has 2 rings (SSSR count). The topological polar surface area (TPSA) is 0 Å². The Labute approximate surface area is 88.2 Å². The second-order valence-corrected chi connectivity index (χ2v) is 5.22. The molecule has 1 aromatic heterocycles. The zero-order valence-electron chi connectivity index (χ0n) is 7.72. The largest absolute Gasteiger partial charge is 0.149 e. The Balaban J connectivity index is 2.25. The number of alkyl halides is 1. The highest BCUT2D eigenvalue weighted by atomic mass is 35.5. The lowest BCUT2D eigenvalue weighted by molar-refractivity contribution is 0.748. The average Bonchev–Trinajstić information content (AvgIpc) is 2.52. The second-order valence-electron chi connectivity index (χ2n) is 3.55. The van der Waals surface area contributed by atoms with Gasteiger partial charge in [-0.05, 0) is 48.8 Å². The Morgan fingerprint density at radius 1 is 1.54 bits per heavy atom. The van der Waals surface area contributed by atoms with Crippen LogP contribution in [0.15, 0.2) is 17.5 Å². The number of thiophene rings is 1. The van der Waals surface area contributed by atoms with Gasteiger partial charge in [0.25, 0.3) is 0 Å². The molecule has 13 heavy (non-hydrogen) atoms. The SMILES string of the molecule is Cc1cc(C2=CC(Cl)CCC2)cs1. The van der Waals surface area contributed by atoms with Crippen LogP contribution in [0.5, 0.6) is 0 Å². The zero-order chi connectivity index (χ0) is 9.26. The first-order valence-corrected chi connectivity index (χ1v) is 5.97. The van der Waals surface area contributed by atoms with E-state index >= 15 is 0 Å². The van der Waals surface area contributed by atoms with Crippen LogP contribution in [0.4, 0.5) is 0 Å². The number of halogens is 1. The maximum Gasteiger partial charge on any atom is 0.0522 e. The summed E-state index contributed by atoms with van der Waals surface area (Å²) in [5.41, 5.74) is 2.82. The van der Waals surface area contributed by atoms with Crippen LogP contribution in [0.1, 0.15) is 29.7 Å². The summed E-state index contributed by atoms with van der Waals surface area (Å²) in [6, 6.07) is 2.26. The van der Waals surface area contributed by atoms with E-state index in [4.69, 9.17) is 11.6 Å².